The smallest absolute Gasteiger partial charge is 0.317 e. The molecule has 2 rings (SSSR count). The fourth-order valence-electron chi connectivity index (χ4n) is 2.00. The summed E-state index contributed by atoms with van der Waals surface area (Å²) >= 11 is 11.2. The van der Waals surface area contributed by atoms with Gasteiger partial charge in [0, 0.05) is 12.6 Å². The Morgan fingerprint density at radius 2 is 1.73 bits per heavy atom. The molecule has 1 N–H and O–H groups in total. The number of anilines is 1. The molecule has 0 atom stereocenters. The molecule has 0 saturated carbocycles. The van der Waals surface area contributed by atoms with Gasteiger partial charge in [-0.15, -0.1) is 0 Å². The minimum absolute atomic E-state index is 0.347. The Balaban J connectivity index is 2.59. The second-order valence-corrected chi connectivity index (χ2v) is 5.68. The number of hydrogen-bond donors (Lipinski definition) is 1. The number of halogens is 9. The van der Waals surface area contributed by atoms with Gasteiger partial charge in [0.15, 0.2) is 5.69 Å². The van der Waals surface area contributed by atoms with Crippen molar-refractivity contribution in [2.24, 2.45) is 7.05 Å². The molecule has 2 aromatic rings. The Kier molecular flexibility index (Phi) is 5.17. The molecule has 0 fully saturated rings. The van der Waals surface area contributed by atoms with Crippen molar-refractivity contribution in [3.8, 4) is 11.3 Å². The molecule has 1 aromatic heterocycles. The lowest BCUT2D eigenvalue weighted by molar-refractivity contribution is -0.167. The maximum absolute atomic E-state index is 14.1. The third kappa shape index (κ3) is 3.88. The maximum Gasteiger partial charge on any atom is 0.471 e. The van der Waals surface area contributed by atoms with E-state index in [4.69, 9.17) is 23.2 Å². The summed E-state index contributed by atoms with van der Waals surface area (Å²) in [6.45, 7) is 0. The van der Waals surface area contributed by atoms with Gasteiger partial charge >= 0.3 is 18.3 Å². The standard InChI is InChI=1S/C13H6Cl2F7N3O/c1-25-10(12(17,18)19)8(15)9(24-25)4-2-7(5(14)3-6(4)16)23-11(26)13(20,21)22/h2-3H,1H3,(H,23,26). The van der Waals surface area contributed by atoms with Crippen LogP contribution in [0.1, 0.15) is 5.69 Å². The molecule has 1 aromatic carbocycles. The molecule has 26 heavy (non-hydrogen) atoms. The van der Waals surface area contributed by atoms with Gasteiger partial charge in [0.25, 0.3) is 0 Å². The Morgan fingerprint density at radius 3 is 2.19 bits per heavy atom. The van der Waals surface area contributed by atoms with Crippen molar-refractivity contribution in [3.63, 3.8) is 0 Å². The SMILES string of the molecule is Cn1nc(-c2cc(NC(=O)C(F)(F)F)c(Cl)cc2F)c(Cl)c1C(F)(F)F. The summed E-state index contributed by atoms with van der Waals surface area (Å²) in [7, 11) is 0.901. The third-order valence-electron chi connectivity index (χ3n) is 3.08. The molecule has 0 saturated heterocycles. The number of benzene rings is 1. The van der Waals surface area contributed by atoms with E-state index < -0.39 is 56.8 Å². The zero-order valence-corrected chi connectivity index (χ0v) is 13.9. The molecular weight excluding hydrogens is 418 g/mol. The summed E-state index contributed by atoms with van der Waals surface area (Å²) in [6.07, 6.45) is -10.2. The van der Waals surface area contributed by atoms with Crippen molar-refractivity contribution in [1.82, 2.24) is 9.78 Å². The molecule has 1 heterocycles. The summed E-state index contributed by atoms with van der Waals surface area (Å²) in [6, 6.07) is 1.12. The van der Waals surface area contributed by atoms with E-state index in [-0.39, 0.29) is 0 Å². The van der Waals surface area contributed by atoms with Crippen LogP contribution >= 0.6 is 23.2 Å². The Bertz CT molecular complexity index is 874. The molecular formula is C13H6Cl2F7N3O. The lowest BCUT2D eigenvalue weighted by Gasteiger charge is -2.11. The van der Waals surface area contributed by atoms with Crippen LogP contribution in [-0.4, -0.2) is 21.9 Å². The van der Waals surface area contributed by atoms with Gasteiger partial charge in [0.2, 0.25) is 0 Å². The van der Waals surface area contributed by atoms with Crippen LogP contribution in [0.5, 0.6) is 0 Å². The van der Waals surface area contributed by atoms with Gasteiger partial charge in [-0.25, -0.2) is 4.39 Å². The Labute approximate surface area is 150 Å². The number of aryl methyl sites for hydroxylation is 1. The lowest BCUT2D eigenvalue weighted by atomic mass is 10.1. The molecule has 13 heteroatoms. The molecule has 0 unspecified atom stereocenters. The summed E-state index contributed by atoms with van der Waals surface area (Å²) in [5.74, 6) is -3.60. The van der Waals surface area contributed by atoms with Crippen LogP contribution in [0.4, 0.5) is 36.4 Å². The molecule has 0 spiro atoms. The minimum Gasteiger partial charge on any atom is -0.317 e. The topological polar surface area (TPSA) is 46.9 Å². The number of nitrogens with one attached hydrogen (secondary N) is 1. The lowest BCUT2D eigenvalue weighted by Crippen LogP contribution is -2.30. The van der Waals surface area contributed by atoms with Crippen LogP contribution in [0.2, 0.25) is 10.0 Å². The quantitative estimate of drug-likeness (QED) is 0.686. The molecule has 0 aliphatic rings. The second-order valence-electron chi connectivity index (χ2n) is 4.90. The highest BCUT2D eigenvalue weighted by Gasteiger charge is 2.40. The Morgan fingerprint density at radius 1 is 1.15 bits per heavy atom. The normalized spacial score (nSPS) is 12.4. The predicted octanol–water partition coefficient (Wildman–Crippen LogP) is 5.05. The van der Waals surface area contributed by atoms with E-state index >= 15 is 0 Å². The zero-order chi connectivity index (χ0) is 20.0. The van der Waals surface area contributed by atoms with Gasteiger partial charge in [0.05, 0.1) is 15.7 Å². The first kappa shape index (κ1) is 20.3. The second kappa shape index (κ2) is 6.62. The molecule has 1 amide bonds. The van der Waals surface area contributed by atoms with Crippen molar-refractivity contribution in [3.05, 3.63) is 33.7 Å². The fraction of sp³-hybridized carbons (Fsp3) is 0.231. The van der Waals surface area contributed by atoms with Crippen LogP contribution in [0.15, 0.2) is 12.1 Å². The molecule has 0 bridgehead atoms. The number of amides is 1. The van der Waals surface area contributed by atoms with Crippen molar-refractivity contribution in [2.75, 3.05) is 5.32 Å². The van der Waals surface area contributed by atoms with Crippen LogP contribution in [0.25, 0.3) is 11.3 Å². The van der Waals surface area contributed by atoms with Gasteiger partial charge in [-0.1, -0.05) is 23.2 Å². The highest BCUT2D eigenvalue weighted by atomic mass is 35.5. The minimum atomic E-state index is -5.26. The molecule has 0 aliphatic carbocycles. The van der Waals surface area contributed by atoms with Crippen molar-refractivity contribution in [1.29, 1.82) is 0 Å². The predicted molar refractivity (Wildman–Crippen MR) is 78.3 cm³/mol. The van der Waals surface area contributed by atoms with E-state index in [1.54, 1.807) is 0 Å². The Hall–Kier alpha value is -2.01. The van der Waals surface area contributed by atoms with Crippen molar-refractivity contribution < 1.29 is 35.5 Å². The molecule has 4 nitrogen and oxygen atoms in total. The number of carbonyl (C=O) groups is 1. The number of alkyl halides is 6. The van der Waals surface area contributed by atoms with E-state index in [2.05, 4.69) is 5.10 Å². The number of hydrogen-bond acceptors (Lipinski definition) is 2. The summed E-state index contributed by atoms with van der Waals surface area (Å²) in [5, 5.41) is 3.28. The van der Waals surface area contributed by atoms with Gasteiger partial charge in [0.1, 0.15) is 11.5 Å². The van der Waals surface area contributed by atoms with Gasteiger partial charge in [-0.05, 0) is 12.1 Å². The largest absolute Gasteiger partial charge is 0.471 e. The fourth-order valence-corrected chi connectivity index (χ4v) is 2.56. The number of rotatable bonds is 2. The summed E-state index contributed by atoms with van der Waals surface area (Å²) in [5.41, 5.74) is -3.42. The van der Waals surface area contributed by atoms with Gasteiger partial charge in [-0.3, -0.25) is 9.48 Å². The number of carbonyl (C=O) groups excluding carboxylic acids is 1. The maximum atomic E-state index is 14.1. The first-order valence-electron chi connectivity index (χ1n) is 6.40. The van der Waals surface area contributed by atoms with Crippen molar-refractivity contribution in [2.45, 2.75) is 12.4 Å². The summed E-state index contributed by atoms with van der Waals surface area (Å²) < 4.78 is 90.3. The van der Waals surface area contributed by atoms with Gasteiger partial charge in [-0.2, -0.15) is 31.4 Å². The first-order chi connectivity index (χ1) is 11.7. The number of aromatic nitrogens is 2. The highest BCUT2D eigenvalue weighted by molar-refractivity contribution is 6.35. The number of nitrogens with zero attached hydrogens (tertiary/aromatic N) is 2. The van der Waals surface area contributed by atoms with E-state index in [0.717, 1.165) is 7.05 Å². The van der Waals surface area contributed by atoms with E-state index in [1.807, 2.05) is 0 Å². The van der Waals surface area contributed by atoms with Gasteiger partial charge < -0.3 is 5.32 Å². The first-order valence-corrected chi connectivity index (χ1v) is 7.16. The average molecular weight is 424 g/mol. The zero-order valence-electron chi connectivity index (χ0n) is 12.4. The monoisotopic (exact) mass is 423 g/mol. The van der Waals surface area contributed by atoms with Crippen LogP contribution < -0.4 is 5.32 Å². The van der Waals surface area contributed by atoms with Crippen molar-refractivity contribution >= 4 is 34.8 Å². The van der Waals surface area contributed by atoms with E-state index in [0.29, 0.717) is 16.8 Å². The van der Waals surface area contributed by atoms with Crippen LogP contribution in [0.3, 0.4) is 0 Å². The highest BCUT2D eigenvalue weighted by Crippen LogP contribution is 2.41. The van der Waals surface area contributed by atoms with Crippen LogP contribution in [0, 0.1) is 5.82 Å². The average Bonchev–Trinajstić information content (AvgIpc) is 2.75. The van der Waals surface area contributed by atoms with Crippen LogP contribution in [-0.2, 0) is 18.0 Å². The molecule has 0 radical (unpaired) electrons. The summed E-state index contributed by atoms with van der Waals surface area (Å²) in [4.78, 5) is 11.0. The third-order valence-corrected chi connectivity index (χ3v) is 3.75. The van der Waals surface area contributed by atoms with E-state index in [9.17, 15) is 35.5 Å². The molecule has 0 aliphatic heterocycles. The van der Waals surface area contributed by atoms with E-state index in [1.165, 1.54) is 5.32 Å². The molecule has 142 valence electrons.